The number of nitrogens with zero attached hydrogens (tertiary/aromatic N) is 2. The SMILES string of the molecule is Cc1cc(NC(=O)C2CCCN(S(=O)(=O)c3ccc(C)s3)C2)no1. The highest BCUT2D eigenvalue weighted by Crippen LogP contribution is 2.28. The molecule has 9 heteroatoms. The van der Waals surface area contributed by atoms with Crippen LogP contribution in [0, 0.1) is 19.8 Å². The Kier molecular flexibility index (Phi) is 4.75. The predicted molar refractivity (Wildman–Crippen MR) is 90.4 cm³/mol. The van der Waals surface area contributed by atoms with Crippen LogP contribution in [0.5, 0.6) is 0 Å². The lowest BCUT2D eigenvalue weighted by Crippen LogP contribution is -2.43. The zero-order valence-electron chi connectivity index (χ0n) is 13.5. The van der Waals surface area contributed by atoms with E-state index in [4.69, 9.17) is 4.52 Å². The molecule has 1 fully saturated rings. The highest BCUT2D eigenvalue weighted by atomic mass is 32.2. The van der Waals surface area contributed by atoms with Crippen LogP contribution in [0.15, 0.2) is 26.9 Å². The van der Waals surface area contributed by atoms with Crippen LogP contribution in [0.1, 0.15) is 23.5 Å². The third-order valence-electron chi connectivity index (χ3n) is 3.94. The van der Waals surface area contributed by atoms with Crippen molar-refractivity contribution in [2.24, 2.45) is 5.92 Å². The fraction of sp³-hybridized carbons (Fsp3) is 0.467. The summed E-state index contributed by atoms with van der Waals surface area (Å²) in [5, 5.41) is 6.42. The predicted octanol–water partition coefficient (Wildman–Crippen LogP) is 2.39. The Bertz CT molecular complexity index is 841. The van der Waals surface area contributed by atoms with Crippen molar-refractivity contribution in [2.75, 3.05) is 18.4 Å². The average Bonchev–Trinajstić information content (AvgIpc) is 3.16. The number of amides is 1. The van der Waals surface area contributed by atoms with Crippen molar-refractivity contribution < 1.29 is 17.7 Å². The minimum absolute atomic E-state index is 0.182. The Hall–Kier alpha value is -1.71. The van der Waals surface area contributed by atoms with Crippen LogP contribution in [0.2, 0.25) is 0 Å². The number of hydrogen-bond donors (Lipinski definition) is 1. The van der Waals surface area contributed by atoms with Crippen LogP contribution < -0.4 is 5.32 Å². The first-order chi connectivity index (χ1) is 11.4. The van der Waals surface area contributed by atoms with Crippen LogP contribution in [0.3, 0.4) is 0 Å². The summed E-state index contributed by atoms with van der Waals surface area (Å²) in [6, 6.07) is 5.04. The van der Waals surface area contributed by atoms with Gasteiger partial charge in [0.1, 0.15) is 9.97 Å². The molecule has 1 aliphatic rings. The fourth-order valence-corrected chi connectivity index (χ4v) is 5.67. The number of aromatic nitrogens is 1. The molecule has 2 aromatic heterocycles. The first-order valence-electron chi connectivity index (χ1n) is 7.67. The van der Waals surface area contributed by atoms with Crippen molar-refractivity contribution in [3.05, 3.63) is 28.8 Å². The summed E-state index contributed by atoms with van der Waals surface area (Å²) < 4.78 is 32.1. The lowest BCUT2D eigenvalue weighted by atomic mass is 9.99. The molecule has 3 heterocycles. The summed E-state index contributed by atoms with van der Waals surface area (Å²) in [4.78, 5) is 13.3. The summed E-state index contributed by atoms with van der Waals surface area (Å²) in [6.07, 6.45) is 1.30. The van der Waals surface area contributed by atoms with Gasteiger partial charge in [0.15, 0.2) is 5.82 Å². The molecule has 130 valence electrons. The Morgan fingerprint density at radius 1 is 1.42 bits per heavy atom. The molecule has 1 amide bonds. The number of aryl methyl sites for hydroxylation is 2. The zero-order chi connectivity index (χ0) is 17.3. The molecule has 7 nitrogen and oxygen atoms in total. The quantitative estimate of drug-likeness (QED) is 0.893. The van der Waals surface area contributed by atoms with Gasteiger partial charge in [-0.05, 0) is 38.8 Å². The Balaban J connectivity index is 1.71. The van der Waals surface area contributed by atoms with Gasteiger partial charge in [-0.25, -0.2) is 8.42 Å². The van der Waals surface area contributed by atoms with Crippen LogP contribution in [-0.4, -0.2) is 36.9 Å². The zero-order valence-corrected chi connectivity index (χ0v) is 15.1. The van der Waals surface area contributed by atoms with Gasteiger partial charge in [0.2, 0.25) is 5.91 Å². The van der Waals surface area contributed by atoms with Crippen LogP contribution in [-0.2, 0) is 14.8 Å². The molecule has 24 heavy (non-hydrogen) atoms. The number of carbonyl (C=O) groups is 1. The molecule has 0 spiro atoms. The largest absolute Gasteiger partial charge is 0.360 e. The van der Waals surface area contributed by atoms with Crippen LogP contribution >= 0.6 is 11.3 Å². The van der Waals surface area contributed by atoms with E-state index in [1.807, 2.05) is 6.92 Å². The highest BCUT2D eigenvalue weighted by Gasteiger charge is 2.34. The molecule has 0 aromatic carbocycles. The number of sulfonamides is 1. The number of hydrogen-bond acceptors (Lipinski definition) is 6. The standard InChI is InChI=1S/C15H19N3O4S2/c1-10-8-13(17-22-10)16-15(19)12-4-3-7-18(9-12)24(20,21)14-6-5-11(2)23-14/h5-6,8,12H,3-4,7,9H2,1-2H3,(H,16,17,19). The molecular formula is C15H19N3O4S2. The van der Waals surface area contributed by atoms with Gasteiger partial charge in [0.25, 0.3) is 10.0 Å². The minimum atomic E-state index is -3.54. The molecule has 3 rings (SSSR count). The normalized spacial score (nSPS) is 19.3. The van der Waals surface area contributed by atoms with Gasteiger partial charge in [0, 0.05) is 24.0 Å². The van der Waals surface area contributed by atoms with E-state index < -0.39 is 15.9 Å². The fourth-order valence-electron chi connectivity index (χ4n) is 2.71. The molecular weight excluding hydrogens is 350 g/mol. The van der Waals surface area contributed by atoms with Crippen molar-refractivity contribution in [3.8, 4) is 0 Å². The van der Waals surface area contributed by atoms with Gasteiger partial charge < -0.3 is 9.84 Å². The lowest BCUT2D eigenvalue weighted by molar-refractivity contribution is -0.120. The molecule has 0 saturated carbocycles. The molecule has 1 aliphatic heterocycles. The Labute approximate surface area is 144 Å². The topological polar surface area (TPSA) is 92.5 Å². The maximum absolute atomic E-state index is 12.7. The molecule has 0 aliphatic carbocycles. The second-order valence-electron chi connectivity index (χ2n) is 5.88. The second kappa shape index (κ2) is 6.66. The highest BCUT2D eigenvalue weighted by molar-refractivity contribution is 7.91. The maximum atomic E-state index is 12.7. The molecule has 1 N–H and O–H groups in total. The first kappa shape index (κ1) is 17.1. The maximum Gasteiger partial charge on any atom is 0.252 e. The summed E-state index contributed by atoms with van der Waals surface area (Å²) in [5.74, 6) is 0.328. The number of anilines is 1. The molecule has 0 bridgehead atoms. The van der Waals surface area contributed by atoms with Crippen molar-refractivity contribution in [1.82, 2.24) is 9.46 Å². The average molecular weight is 369 g/mol. The molecule has 1 atom stereocenters. The summed E-state index contributed by atoms with van der Waals surface area (Å²) in [7, 11) is -3.54. The van der Waals surface area contributed by atoms with E-state index >= 15 is 0 Å². The van der Waals surface area contributed by atoms with E-state index in [0.717, 1.165) is 4.88 Å². The van der Waals surface area contributed by atoms with Gasteiger partial charge in [-0.1, -0.05) is 5.16 Å². The van der Waals surface area contributed by atoms with Gasteiger partial charge in [-0.15, -0.1) is 11.3 Å². The summed E-state index contributed by atoms with van der Waals surface area (Å²) in [6.45, 7) is 4.23. The van der Waals surface area contributed by atoms with Crippen molar-refractivity contribution in [1.29, 1.82) is 0 Å². The minimum Gasteiger partial charge on any atom is -0.360 e. The molecule has 1 unspecified atom stereocenters. The van der Waals surface area contributed by atoms with E-state index in [9.17, 15) is 13.2 Å². The summed E-state index contributed by atoms with van der Waals surface area (Å²) in [5.41, 5.74) is 0. The molecule has 1 saturated heterocycles. The van der Waals surface area contributed by atoms with Crippen LogP contribution in [0.4, 0.5) is 5.82 Å². The van der Waals surface area contributed by atoms with Crippen molar-refractivity contribution >= 4 is 33.1 Å². The molecule has 0 radical (unpaired) electrons. The number of nitrogens with one attached hydrogen (secondary N) is 1. The van der Waals surface area contributed by atoms with Crippen molar-refractivity contribution in [2.45, 2.75) is 30.9 Å². The molecule has 2 aromatic rings. The van der Waals surface area contributed by atoms with Crippen molar-refractivity contribution in [3.63, 3.8) is 0 Å². The van der Waals surface area contributed by atoms with Gasteiger partial charge >= 0.3 is 0 Å². The summed E-state index contributed by atoms with van der Waals surface area (Å²) >= 11 is 1.25. The number of rotatable bonds is 4. The third kappa shape index (κ3) is 3.52. The number of carbonyl (C=O) groups excluding carboxylic acids is 1. The number of piperidine rings is 1. The van der Waals surface area contributed by atoms with E-state index in [1.165, 1.54) is 15.6 Å². The van der Waals surface area contributed by atoms with E-state index in [1.54, 1.807) is 25.1 Å². The lowest BCUT2D eigenvalue weighted by Gasteiger charge is -2.30. The van der Waals surface area contributed by atoms with E-state index in [2.05, 4.69) is 10.5 Å². The van der Waals surface area contributed by atoms with E-state index in [-0.39, 0.29) is 12.5 Å². The van der Waals surface area contributed by atoms with Crippen LogP contribution in [0.25, 0.3) is 0 Å². The van der Waals surface area contributed by atoms with Gasteiger partial charge in [0.05, 0.1) is 5.92 Å². The second-order valence-corrected chi connectivity index (χ2v) is 9.33. The van der Waals surface area contributed by atoms with Gasteiger partial charge in [-0.2, -0.15) is 4.31 Å². The van der Waals surface area contributed by atoms with E-state index in [0.29, 0.717) is 35.2 Å². The van der Waals surface area contributed by atoms with Gasteiger partial charge in [-0.3, -0.25) is 4.79 Å². The third-order valence-corrected chi connectivity index (χ3v) is 7.28. The monoisotopic (exact) mass is 369 g/mol. The first-order valence-corrected chi connectivity index (χ1v) is 9.92. The smallest absolute Gasteiger partial charge is 0.252 e. The number of thiophene rings is 1. The Morgan fingerprint density at radius 2 is 2.21 bits per heavy atom. The Morgan fingerprint density at radius 3 is 2.83 bits per heavy atom.